The summed E-state index contributed by atoms with van der Waals surface area (Å²) in [7, 11) is 0. The molecule has 0 saturated heterocycles. The first-order chi connectivity index (χ1) is 18.1. The first kappa shape index (κ1) is 21.9. The lowest BCUT2D eigenvalue weighted by molar-refractivity contribution is 0.364. The minimum Gasteiger partial charge on any atom is -0.335 e. The molecular weight excluding hydrogens is 448 g/mol. The van der Waals surface area contributed by atoms with Crippen LogP contribution in [-0.2, 0) is 5.54 Å². The van der Waals surface area contributed by atoms with E-state index < -0.39 is 0 Å². The predicted octanol–water partition coefficient (Wildman–Crippen LogP) is 9.70. The fourth-order valence-electron chi connectivity index (χ4n) is 5.97. The zero-order chi connectivity index (χ0) is 25.1. The largest absolute Gasteiger partial charge is 0.335 e. The molecule has 7 rings (SSSR count). The van der Waals surface area contributed by atoms with Crippen molar-refractivity contribution in [1.82, 2.24) is 9.13 Å². The smallest absolute Gasteiger partial charge is 0.0541 e. The van der Waals surface area contributed by atoms with E-state index in [9.17, 15) is 0 Å². The van der Waals surface area contributed by atoms with Gasteiger partial charge in [-0.25, -0.2) is 0 Å². The molecule has 0 amide bonds. The monoisotopic (exact) mass is 478 g/mol. The van der Waals surface area contributed by atoms with Gasteiger partial charge in [-0.1, -0.05) is 73.7 Å². The molecule has 5 aromatic carbocycles. The molecule has 0 bridgehead atoms. The van der Waals surface area contributed by atoms with Crippen LogP contribution in [0.4, 0.5) is 0 Å². The first-order valence-electron chi connectivity index (χ1n) is 13.2. The number of rotatable bonds is 4. The number of aromatic nitrogens is 2. The summed E-state index contributed by atoms with van der Waals surface area (Å²) in [6, 6.07) is 42.1. The van der Waals surface area contributed by atoms with Gasteiger partial charge in [0.25, 0.3) is 0 Å². The van der Waals surface area contributed by atoms with Crippen molar-refractivity contribution in [1.29, 1.82) is 0 Å². The molecule has 0 N–H and O–H groups in total. The van der Waals surface area contributed by atoms with E-state index >= 15 is 0 Å². The Morgan fingerprint density at radius 2 is 1.00 bits per heavy atom. The SMILES string of the molecule is CCC(C)(C)n1c2ccccc2c2cc(-c3ccc4c(c3)c3ccccc3n4-c3ccccc3)ccc21. The van der Waals surface area contributed by atoms with Crippen LogP contribution in [0.1, 0.15) is 27.2 Å². The molecule has 2 heteroatoms. The third-order valence-electron chi connectivity index (χ3n) is 8.16. The minimum atomic E-state index is 0.0427. The summed E-state index contributed by atoms with van der Waals surface area (Å²) < 4.78 is 4.90. The van der Waals surface area contributed by atoms with Crippen molar-refractivity contribution in [3.8, 4) is 16.8 Å². The first-order valence-corrected chi connectivity index (χ1v) is 13.2. The van der Waals surface area contributed by atoms with Crippen molar-refractivity contribution in [2.45, 2.75) is 32.7 Å². The highest BCUT2D eigenvalue weighted by molar-refractivity contribution is 6.12. The quantitative estimate of drug-likeness (QED) is 0.238. The van der Waals surface area contributed by atoms with Gasteiger partial charge in [0.15, 0.2) is 0 Å². The van der Waals surface area contributed by atoms with Crippen LogP contribution in [0.15, 0.2) is 115 Å². The van der Waals surface area contributed by atoms with E-state index in [4.69, 9.17) is 0 Å². The van der Waals surface area contributed by atoms with Gasteiger partial charge in [0.2, 0.25) is 0 Å². The molecule has 0 aliphatic carbocycles. The second-order valence-electron chi connectivity index (χ2n) is 10.7. The van der Waals surface area contributed by atoms with E-state index in [1.807, 2.05) is 0 Å². The molecule has 0 radical (unpaired) electrons. The van der Waals surface area contributed by atoms with Crippen molar-refractivity contribution in [3.63, 3.8) is 0 Å². The molecule has 0 saturated carbocycles. The maximum absolute atomic E-state index is 2.53. The van der Waals surface area contributed by atoms with E-state index in [-0.39, 0.29) is 5.54 Å². The Labute approximate surface area is 217 Å². The van der Waals surface area contributed by atoms with E-state index in [1.165, 1.54) is 60.4 Å². The standard InChI is InChI=1S/C35H30N2/c1-4-35(2,3)37-33-17-11-9-15-28(33)30-23-25(19-21-34(30)37)24-18-20-32-29(22-24)27-14-8-10-16-31(27)36(32)26-12-6-5-7-13-26/h5-23H,4H2,1-3H3. The number of hydrogen-bond acceptors (Lipinski definition) is 0. The van der Waals surface area contributed by atoms with Crippen molar-refractivity contribution in [3.05, 3.63) is 115 Å². The molecule has 2 nitrogen and oxygen atoms in total. The van der Waals surface area contributed by atoms with Crippen LogP contribution in [0, 0.1) is 0 Å². The number of nitrogens with zero attached hydrogens (tertiary/aromatic N) is 2. The summed E-state index contributed by atoms with van der Waals surface area (Å²) in [6.45, 7) is 6.95. The van der Waals surface area contributed by atoms with Crippen LogP contribution < -0.4 is 0 Å². The number of benzene rings is 5. The Morgan fingerprint density at radius 3 is 1.68 bits per heavy atom. The van der Waals surface area contributed by atoms with Crippen molar-refractivity contribution in [2.24, 2.45) is 0 Å². The van der Waals surface area contributed by atoms with E-state index in [1.54, 1.807) is 0 Å². The van der Waals surface area contributed by atoms with Gasteiger partial charge in [-0.3, -0.25) is 0 Å². The lowest BCUT2D eigenvalue weighted by Gasteiger charge is -2.27. The van der Waals surface area contributed by atoms with Gasteiger partial charge in [0.05, 0.1) is 11.0 Å². The Bertz CT molecular complexity index is 1930. The van der Waals surface area contributed by atoms with E-state index in [2.05, 4.69) is 145 Å². The third kappa shape index (κ3) is 3.25. The summed E-state index contributed by atoms with van der Waals surface area (Å²) in [4.78, 5) is 0. The summed E-state index contributed by atoms with van der Waals surface area (Å²) in [6.07, 6.45) is 1.07. The van der Waals surface area contributed by atoms with Gasteiger partial charge in [0, 0.05) is 43.8 Å². The van der Waals surface area contributed by atoms with E-state index in [0.29, 0.717) is 0 Å². The highest BCUT2D eigenvalue weighted by atomic mass is 15.1. The third-order valence-corrected chi connectivity index (χ3v) is 8.16. The Morgan fingerprint density at radius 1 is 0.514 bits per heavy atom. The average molecular weight is 479 g/mol. The molecule has 0 aliphatic heterocycles. The van der Waals surface area contributed by atoms with Crippen LogP contribution >= 0.6 is 0 Å². The Balaban J connectivity index is 1.47. The second kappa shape index (κ2) is 8.11. The Kier molecular flexibility index (Phi) is 4.81. The van der Waals surface area contributed by atoms with E-state index in [0.717, 1.165) is 6.42 Å². The summed E-state index contributed by atoms with van der Waals surface area (Å²) >= 11 is 0. The molecule has 0 spiro atoms. The maximum atomic E-state index is 2.53. The molecule has 0 fully saturated rings. The summed E-state index contributed by atoms with van der Waals surface area (Å²) in [5, 5.41) is 5.21. The summed E-state index contributed by atoms with van der Waals surface area (Å²) in [5.41, 5.74) is 8.82. The predicted molar refractivity (Wildman–Crippen MR) is 159 cm³/mol. The van der Waals surface area contributed by atoms with Crippen molar-refractivity contribution < 1.29 is 0 Å². The molecule has 180 valence electrons. The van der Waals surface area contributed by atoms with Gasteiger partial charge < -0.3 is 9.13 Å². The molecule has 0 unspecified atom stereocenters. The minimum absolute atomic E-state index is 0.0427. The molecule has 37 heavy (non-hydrogen) atoms. The van der Waals surface area contributed by atoms with Crippen LogP contribution in [0.2, 0.25) is 0 Å². The van der Waals surface area contributed by atoms with Gasteiger partial charge in [-0.15, -0.1) is 0 Å². The highest BCUT2D eigenvalue weighted by Gasteiger charge is 2.23. The van der Waals surface area contributed by atoms with Crippen molar-refractivity contribution in [2.75, 3.05) is 0 Å². The fourth-order valence-corrected chi connectivity index (χ4v) is 5.97. The molecule has 7 aromatic rings. The number of para-hydroxylation sites is 3. The zero-order valence-electron chi connectivity index (χ0n) is 21.6. The maximum Gasteiger partial charge on any atom is 0.0541 e. The Hall–Kier alpha value is -4.30. The molecule has 2 aromatic heterocycles. The van der Waals surface area contributed by atoms with Crippen LogP contribution in [-0.4, -0.2) is 9.13 Å². The van der Waals surface area contributed by atoms with Gasteiger partial charge in [0.1, 0.15) is 0 Å². The van der Waals surface area contributed by atoms with Gasteiger partial charge >= 0.3 is 0 Å². The van der Waals surface area contributed by atoms with Crippen LogP contribution in [0.25, 0.3) is 60.4 Å². The van der Waals surface area contributed by atoms with Crippen molar-refractivity contribution >= 4 is 43.6 Å². The highest BCUT2D eigenvalue weighted by Crippen LogP contribution is 2.39. The number of hydrogen-bond donors (Lipinski definition) is 0. The molecule has 2 heterocycles. The second-order valence-corrected chi connectivity index (χ2v) is 10.7. The topological polar surface area (TPSA) is 9.86 Å². The molecular formula is C35H30N2. The number of fused-ring (bicyclic) bond motifs is 6. The molecule has 0 aliphatic rings. The average Bonchev–Trinajstić information content (AvgIpc) is 3.46. The van der Waals surface area contributed by atoms with Gasteiger partial charge in [-0.2, -0.15) is 0 Å². The summed E-state index contributed by atoms with van der Waals surface area (Å²) in [5.74, 6) is 0. The zero-order valence-corrected chi connectivity index (χ0v) is 21.6. The lowest BCUT2D eigenvalue weighted by Crippen LogP contribution is -2.24. The van der Waals surface area contributed by atoms with Crippen LogP contribution in [0.5, 0.6) is 0 Å². The molecule has 0 atom stereocenters. The van der Waals surface area contributed by atoms with Crippen LogP contribution in [0.3, 0.4) is 0 Å². The lowest BCUT2D eigenvalue weighted by atomic mass is 9.99. The van der Waals surface area contributed by atoms with Gasteiger partial charge in [-0.05, 0) is 79.9 Å². The fraction of sp³-hybridized carbons (Fsp3) is 0.143. The normalized spacial score (nSPS) is 12.3.